The third kappa shape index (κ3) is 1.69. The molecule has 0 aliphatic heterocycles. The molecule has 1 aliphatic carbocycles. The fourth-order valence-corrected chi connectivity index (χ4v) is 1.31. The molecule has 0 aromatic heterocycles. The number of carboxylic acids is 1. The van der Waals surface area contributed by atoms with Crippen LogP contribution in [0.2, 0.25) is 0 Å². The van der Waals surface area contributed by atoms with Crippen LogP contribution in [0.3, 0.4) is 0 Å². The number of carbonyl (C=O) groups is 2. The SMILES string of the molecule is CN(C)C1=CC(C=O)(C(=O)O)CC=C1. The van der Waals surface area contributed by atoms with E-state index in [9.17, 15) is 9.59 Å². The molecule has 0 aromatic rings. The molecule has 76 valence electrons. The molecule has 0 fully saturated rings. The molecule has 1 unspecified atom stereocenters. The van der Waals surface area contributed by atoms with Crippen molar-refractivity contribution in [3.05, 3.63) is 23.9 Å². The Kier molecular flexibility index (Phi) is 2.74. The molecular weight excluding hydrogens is 182 g/mol. The third-order valence-electron chi connectivity index (χ3n) is 2.27. The molecule has 0 heterocycles. The van der Waals surface area contributed by atoms with Gasteiger partial charge in [0.1, 0.15) is 11.7 Å². The Balaban J connectivity index is 3.09. The van der Waals surface area contributed by atoms with Crippen LogP contribution in [0.1, 0.15) is 6.42 Å². The summed E-state index contributed by atoms with van der Waals surface area (Å²) in [6.07, 6.45) is 5.72. The van der Waals surface area contributed by atoms with Gasteiger partial charge in [0.15, 0.2) is 0 Å². The van der Waals surface area contributed by atoms with E-state index >= 15 is 0 Å². The van der Waals surface area contributed by atoms with Crippen molar-refractivity contribution in [2.45, 2.75) is 6.42 Å². The lowest BCUT2D eigenvalue weighted by Crippen LogP contribution is -2.33. The molecule has 1 N–H and O–H groups in total. The smallest absolute Gasteiger partial charge is 0.321 e. The highest BCUT2D eigenvalue weighted by Gasteiger charge is 2.37. The maximum Gasteiger partial charge on any atom is 0.321 e. The van der Waals surface area contributed by atoms with Gasteiger partial charge in [0.2, 0.25) is 0 Å². The zero-order valence-corrected chi connectivity index (χ0v) is 8.23. The Bertz CT molecular complexity index is 317. The minimum absolute atomic E-state index is 0.225. The van der Waals surface area contributed by atoms with Crippen LogP contribution in [0, 0.1) is 5.41 Å². The fraction of sp³-hybridized carbons (Fsp3) is 0.400. The predicted octanol–water partition coefficient (Wildman–Crippen LogP) is 0.662. The summed E-state index contributed by atoms with van der Waals surface area (Å²) in [5, 5.41) is 8.96. The van der Waals surface area contributed by atoms with E-state index in [0.717, 1.165) is 5.70 Å². The Hall–Kier alpha value is -1.58. The van der Waals surface area contributed by atoms with Gasteiger partial charge in [0, 0.05) is 19.8 Å². The summed E-state index contributed by atoms with van der Waals surface area (Å²) in [5.74, 6) is -1.10. The molecule has 0 amide bonds. The van der Waals surface area contributed by atoms with E-state index in [1.54, 1.807) is 25.1 Å². The van der Waals surface area contributed by atoms with Crippen LogP contribution in [0.25, 0.3) is 0 Å². The average molecular weight is 195 g/mol. The number of aldehydes is 1. The van der Waals surface area contributed by atoms with Gasteiger partial charge in [0.05, 0.1) is 0 Å². The molecule has 0 saturated carbocycles. The van der Waals surface area contributed by atoms with E-state index in [-0.39, 0.29) is 6.42 Å². The fourth-order valence-electron chi connectivity index (χ4n) is 1.31. The zero-order chi connectivity index (χ0) is 10.8. The summed E-state index contributed by atoms with van der Waals surface area (Å²) in [6, 6.07) is 0. The normalized spacial score (nSPS) is 25.4. The quantitative estimate of drug-likeness (QED) is 0.531. The van der Waals surface area contributed by atoms with E-state index in [4.69, 9.17) is 5.11 Å². The van der Waals surface area contributed by atoms with Gasteiger partial charge in [-0.1, -0.05) is 6.08 Å². The van der Waals surface area contributed by atoms with Gasteiger partial charge < -0.3 is 14.8 Å². The Morgan fingerprint density at radius 1 is 1.64 bits per heavy atom. The van der Waals surface area contributed by atoms with Gasteiger partial charge in [-0.2, -0.15) is 0 Å². The van der Waals surface area contributed by atoms with Crippen LogP contribution in [-0.4, -0.2) is 36.4 Å². The standard InChI is InChI=1S/C10H13NO3/c1-11(2)8-4-3-5-10(6-8,7-12)9(13)14/h3-4,6-7H,5H2,1-2H3,(H,13,14). The van der Waals surface area contributed by atoms with Crippen LogP contribution in [-0.2, 0) is 9.59 Å². The monoisotopic (exact) mass is 195 g/mol. The van der Waals surface area contributed by atoms with Gasteiger partial charge in [-0.25, -0.2) is 0 Å². The van der Waals surface area contributed by atoms with E-state index < -0.39 is 11.4 Å². The van der Waals surface area contributed by atoms with Gasteiger partial charge in [-0.15, -0.1) is 0 Å². The van der Waals surface area contributed by atoms with E-state index in [1.165, 1.54) is 6.08 Å². The van der Waals surface area contributed by atoms with Crippen molar-refractivity contribution in [1.29, 1.82) is 0 Å². The molecule has 1 aliphatic rings. The number of hydrogen-bond donors (Lipinski definition) is 1. The van der Waals surface area contributed by atoms with Crippen molar-refractivity contribution >= 4 is 12.3 Å². The molecular formula is C10H13NO3. The Morgan fingerprint density at radius 3 is 2.71 bits per heavy atom. The second-order valence-corrected chi connectivity index (χ2v) is 3.53. The molecule has 14 heavy (non-hydrogen) atoms. The summed E-state index contributed by atoms with van der Waals surface area (Å²) in [5.41, 5.74) is -0.639. The molecule has 4 nitrogen and oxygen atoms in total. The van der Waals surface area contributed by atoms with Crippen LogP contribution in [0.4, 0.5) is 0 Å². The highest BCUT2D eigenvalue weighted by atomic mass is 16.4. The lowest BCUT2D eigenvalue weighted by Gasteiger charge is -2.25. The summed E-state index contributed by atoms with van der Waals surface area (Å²) in [6.45, 7) is 0. The number of nitrogens with zero attached hydrogens (tertiary/aromatic N) is 1. The Labute approximate surface area is 82.5 Å². The molecule has 0 radical (unpaired) electrons. The third-order valence-corrected chi connectivity index (χ3v) is 2.27. The molecule has 0 aromatic carbocycles. The van der Waals surface area contributed by atoms with Gasteiger partial charge in [-0.3, -0.25) is 4.79 Å². The predicted molar refractivity (Wildman–Crippen MR) is 51.7 cm³/mol. The van der Waals surface area contributed by atoms with Crippen LogP contribution in [0.5, 0.6) is 0 Å². The first-order chi connectivity index (χ1) is 6.52. The molecule has 4 heteroatoms. The van der Waals surface area contributed by atoms with Crippen LogP contribution in [0.15, 0.2) is 23.9 Å². The summed E-state index contributed by atoms with van der Waals surface area (Å²) < 4.78 is 0. The minimum Gasteiger partial charge on any atom is -0.480 e. The number of likely N-dealkylation sites (N-methyl/N-ethyl adjacent to an activating group) is 1. The lowest BCUT2D eigenvalue weighted by molar-refractivity contribution is -0.148. The minimum atomic E-state index is -1.38. The number of rotatable bonds is 3. The van der Waals surface area contributed by atoms with Crippen molar-refractivity contribution in [1.82, 2.24) is 4.90 Å². The van der Waals surface area contributed by atoms with E-state index in [2.05, 4.69) is 0 Å². The first-order valence-corrected chi connectivity index (χ1v) is 4.28. The number of hydrogen-bond acceptors (Lipinski definition) is 3. The zero-order valence-electron chi connectivity index (χ0n) is 8.23. The summed E-state index contributed by atoms with van der Waals surface area (Å²) in [4.78, 5) is 23.5. The number of aliphatic carboxylic acids is 1. The average Bonchev–Trinajstić information content (AvgIpc) is 2.17. The first kappa shape index (κ1) is 10.5. The van der Waals surface area contributed by atoms with E-state index in [0.29, 0.717) is 6.29 Å². The van der Waals surface area contributed by atoms with Crippen molar-refractivity contribution < 1.29 is 14.7 Å². The van der Waals surface area contributed by atoms with E-state index in [1.807, 2.05) is 6.08 Å². The topological polar surface area (TPSA) is 57.6 Å². The van der Waals surface area contributed by atoms with Gasteiger partial charge >= 0.3 is 5.97 Å². The molecule has 1 rings (SSSR count). The van der Waals surface area contributed by atoms with Crippen molar-refractivity contribution in [2.75, 3.05) is 14.1 Å². The van der Waals surface area contributed by atoms with Crippen LogP contribution < -0.4 is 0 Å². The largest absolute Gasteiger partial charge is 0.480 e. The summed E-state index contributed by atoms with van der Waals surface area (Å²) in [7, 11) is 3.61. The Morgan fingerprint density at radius 2 is 2.29 bits per heavy atom. The van der Waals surface area contributed by atoms with Crippen molar-refractivity contribution in [3.63, 3.8) is 0 Å². The first-order valence-electron chi connectivity index (χ1n) is 4.28. The molecule has 0 bridgehead atoms. The highest BCUT2D eigenvalue weighted by molar-refractivity contribution is 5.95. The van der Waals surface area contributed by atoms with Crippen molar-refractivity contribution in [3.8, 4) is 0 Å². The maximum absolute atomic E-state index is 10.9. The second-order valence-electron chi connectivity index (χ2n) is 3.53. The number of carboxylic acid groups (broad SMARTS) is 1. The molecule has 1 atom stereocenters. The molecule has 0 saturated heterocycles. The van der Waals surface area contributed by atoms with Crippen molar-refractivity contribution in [2.24, 2.45) is 5.41 Å². The lowest BCUT2D eigenvalue weighted by atomic mass is 9.82. The van der Waals surface area contributed by atoms with Crippen LogP contribution >= 0.6 is 0 Å². The summed E-state index contributed by atoms with van der Waals surface area (Å²) >= 11 is 0. The highest BCUT2D eigenvalue weighted by Crippen LogP contribution is 2.29. The number of allylic oxidation sites excluding steroid dienone is 2. The number of carbonyl (C=O) groups excluding carboxylic acids is 1. The second kappa shape index (κ2) is 3.65. The van der Waals surface area contributed by atoms with Gasteiger partial charge in [0.25, 0.3) is 0 Å². The van der Waals surface area contributed by atoms with Gasteiger partial charge in [-0.05, 0) is 18.6 Å². The molecule has 0 spiro atoms. The maximum atomic E-state index is 10.9.